The summed E-state index contributed by atoms with van der Waals surface area (Å²) in [6.07, 6.45) is -0.366. The number of amides is 2. The molecule has 0 aromatic heterocycles. The average molecular weight is 547 g/mol. The van der Waals surface area contributed by atoms with Crippen LogP contribution in [0.5, 0.6) is 5.75 Å². The number of ether oxygens (including phenoxy) is 2. The van der Waals surface area contributed by atoms with E-state index in [2.05, 4.69) is 0 Å². The quantitative estimate of drug-likeness (QED) is 0.280. The van der Waals surface area contributed by atoms with Crippen molar-refractivity contribution >= 4 is 29.1 Å². The van der Waals surface area contributed by atoms with Gasteiger partial charge in [0.05, 0.1) is 11.5 Å². The van der Waals surface area contributed by atoms with Gasteiger partial charge in [-0.2, -0.15) is 0 Å². The predicted molar refractivity (Wildman–Crippen MR) is 153 cm³/mol. The van der Waals surface area contributed by atoms with Gasteiger partial charge in [-0.25, -0.2) is 4.79 Å². The zero-order valence-corrected chi connectivity index (χ0v) is 23.0. The number of nitro groups is 1. The summed E-state index contributed by atoms with van der Waals surface area (Å²) in [6.45, 7) is 7.24. The molecule has 0 spiro atoms. The third-order valence-electron chi connectivity index (χ3n) is 6.33. The Morgan fingerprint density at radius 2 is 1.55 bits per heavy atom. The maximum atomic E-state index is 13.5. The molecule has 10 heteroatoms. The molecule has 1 aliphatic heterocycles. The molecular formula is C30H34N4O6. The zero-order valence-electron chi connectivity index (χ0n) is 23.0. The lowest BCUT2D eigenvalue weighted by Gasteiger charge is -2.37. The Hall–Kier alpha value is -4.60. The van der Waals surface area contributed by atoms with Gasteiger partial charge in [-0.05, 0) is 50.6 Å². The minimum atomic E-state index is -0.583. The highest BCUT2D eigenvalue weighted by molar-refractivity contribution is 5.97. The number of benzene rings is 3. The Bertz CT molecular complexity index is 1320. The van der Waals surface area contributed by atoms with Gasteiger partial charge in [0, 0.05) is 37.9 Å². The summed E-state index contributed by atoms with van der Waals surface area (Å²) in [7, 11) is 0. The van der Waals surface area contributed by atoms with Crippen molar-refractivity contribution in [2.75, 3.05) is 42.6 Å². The van der Waals surface area contributed by atoms with Gasteiger partial charge in [0.15, 0.2) is 6.61 Å². The van der Waals surface area contributed by atoms with E-state index in [1.54, 1.807) is 41.3 Å². The molecule has 1 saturated heterocycles. The fourth-order valence-corrected chi connectivity index (χ4v) is 4.37. The van der Waals surface area contributed by atoms with Crippen LogP contribution in [0.3, 0.4) is 0 Å². The Labute approximate surface area is 233 Å². The molecule has 0 saturated carbocycles. The second-order valence-electron chi connectivity index (χ2n) is 10.5. The minimum absolute atomic E-state index is 0.133. The molecular weight excluding hydrogens is 512 g/mol. The molecule has 2 amide bonds. The van der Waals surface area contributed by atoms with Crippen LogP contribution in [0.25, 0.3) is 0 Å². The third-order valence-corrected chi connectivity index (χ3v) is 6.33. The fourth-order valence-electron chi connectivity index (χ4n) is 4.37. The highest BCUT2D eigenvalue weighted by Crippen LogP contribution is 2.34. The van der Waals surface area contributed by atoms with Crippen LogP contribution in [-0.4, -0.2) is 60.2 Å². The molecule has 0 radical (unpaired) electrons. The van der Waals surface area contributed by atoms with Crippen LogP contribution in [-0.2, 0) is 16.1 Å². The van der Waals surface area contributed by atoms with Gasteiger partial charge in [0.25, 0.3) is 11.6 Å². The van der Waals surface area contributed by atoms with E-state index >= 15 is 0 Å². The van der Waals surface area contributed by atoms with Gasteiger partial charge in [0.2, 0.25) is 0 Å². The topological polar surface area (TPSA) is 105 Å². The van der Waals surface area contributed by atoms with Gasteiger partial charge in [-0.1, -0.05) is 48.5 Å². The Morgan fingerprint density at radius 3 is 2.15 bits per heavy atom. The number of piperazine rings is 1. The first-order valence-corrected chi connectivity index (χ1v) is 13.1. The first kappa shape index (κ1) is 28.4. The van der Waals surface area contributed by atoms with Crippen LogP contribution in [0.2, 0.25) is 0 Å². The van der Waals surface area contributed by atoms with Crippen molar-refractivity contribution in [3.8, 4) is 5.75 Å². The van der Waals surface area contributed by atoms with E-state index in [-0.39, 0.29) is 30.6 Å². The second kappa shape index (κ2) is 12.5. The molecule has 210 valence electrons. The van der Waals surface area contributed by atoms with Crippen molar-refractivity contribution in [2.45, 2.75) is 32.9 Å². The van der Waals surface area contributed by atoms with Crippen molar-refractivity contribution < 1.29 is 24.0 Å². The van der Waals surface area contributed by atoms with Crippen molar-refractivity contribution in [3.05, 3.63) is 94.5 Å². The van der Waals surface area contributed by atoms with Gasteiger partial charge >= 0.3 is 6.09 Å². The molecule has 10 nitrogen and oxygen atoms in total. The van der Waals surface area contributed by atoms with Gasteiger partial charge < -0.3 is 19.3 Å². The predicted octanol–water partition coefficient (Wildman–Crippen LogP) is 5.26. The molecule has 4 rings (SSSR count). The summed E-state index contributed by atoms with van der Waals surface area (Å²) >= 11 is 0. The molecule has 3 aromatic rings. The van der Waals surface area contributed by atoms with Gasteiger partial charge in [0.1, 0.15) is 17.0 Å². The normalized spacial score (nSPS) is 13.5. The zero-order chi connectivity index (χ0) is 28.7. The first-order chi connectivity index (χ1) is 19.1. The molecule has 1 heterocycles. The fraction of sp³-hybridized carbons (Fsp3) is 0.333. The summed E-state index contributed by atoms with van der Waals surface area (Å²) in [5, 5.41) is 12.1. The van der Waals surface area contributed by atoms with Crippen molar-refractivity contribution in [3.63, 3.8) is 0 Å². The van der Waals surface area contributed by atoms with E-state index in [9.17, 15) is 19.7 Å². The van der Waals surface area contributed by atoms with Crippen LogP contribution in [0, 0.1) is 10.1 Å². The van der Waals surface area contributed by atoms with Crippen molar-refractivity contribution in [1.29, 1.82) is 0 Å². The molecule has 0 N–H and O–H groups in total. The third kappa shape index (κ3) is 7.49. The molecule has 1 aliphatic rings. The number of hydrogen-bond acceptors (Lipinski definition) is 7. The van der Waals surface area contributed by atoms with Gasteiger partial charge in [-0.15, -0.1) is 0 Å². The Balaban J connectivity index is 1.59. The number of rotatable bonds is 8. The second-order valence-corrected chi connectivity index (χ2v) is 10.5. The number of carbonyl (C=O) groups excluding carboxylic acids is 2. The summed E-state index contributed by atoms with van der Waals surface area (Å²) in [6, 6.07) is 23.0. The largest absolute Gasteiger partial charge is 0.484 e. The number of hydrogen-bond donors (Lipinski definition) is 0. The summed E-state index contributed by atoms with van der Waals surface area (Å²) in [5.74, 6) is 0.115. The summed E-state index contributed by atoms with van der Waals surface area (Å²) in [5.41, 5.74) is 0.962. The van der Waals surface area contributed by atoms with Crippen LogP contribution in [0.15, 0.2) is 78.9 Å². The standard InChI is InChI=1S/C30H34N4O6/c1-30(2,3)40-29(36)32-18-16-31(17-19-32)24-14-15-26(34(37)38)27(20-24)33(21-23-10-6-4-7-11-23)28(35)22-39-25-12-8-5-9-13-25/h4-15,20H,16-19,21-22H2,1-3H3. The maximum Gasteiger partial charge on any atom is 0.410 e. The van der Waals surface area contributed by atoms with E-state index < -0.39 is 16.4 Å². The molecule has 3 aromatic carbocycles. The number of nitrogens with zero attached hydrogens (tertiary/aromatic N) is 4. The molecule has 1 fully saturated rings. The van der Waals surface area contributed by atoms with E-state index in [1.807, 2.05) is 62.1 Å². The average Bonchev–Trinajstić information content (AvgIpc) is 2.94. The highest BCUT2D eigenvalue weighted by atomic mass is 16.6. The Morgan fingerprint density at radius 1 is 0.925 bits per heavy atom. The number of nitro benzene ring substituents is 1. The van der Waals surface area contributed by atoms with Crippen LogP contribution in [0.1, 0.15) is 26.3 Å². The number of carbonyl (C=O) groups is 2. The lowest BCUT2D eigenvalue weighted by atomic mass is 10.1. The number of anilines is 2. The molecule has 40 heavy (non-hydrogen) atoms. The van der Waals surface area contributed by atoms with E-state index in [0.29, 0.717) is 31.9 Å². The smallest absolute Gasteiger partial charge is 0.410 e. The van der Waals surface area contributed by atoms with Gasteiger partial charge in [-0.3, -0.25) is 19.8 Å². The van der Waals surface area contributed by atoms with Crippen LogP contribution < -0.4 is 14.5 Å². The minimum Gasteiger partial charge on any atom is -0.484 e. The lowest BCUT2D eigenvalue weighted by molar-refractivity contribution is -0.384. The summed E-state index contributed by atoms with van der Waals surface area (Å²) in [4.78, 5) is 42.7. The van der Waals surface area contributed by atoms with Crippen LogP contribution >= 0.6 is 0 Å². The SMILES string of the molecule is CC(C)(C)OC(=O)N1CCN(c2ccc([N+](=O)[O-])c(N(Cc3ccccc3)C(=O)COc3ccccc3)c2)CC1. The van der Waals surface area contributed by atoms with Crippen molar-refractivity contribution in [1.82, 2.24) is 4.90 Å². The monoisotopic (exact) mass is 546 g/mol. The highest BCUT2D eigenvalue weighted by Gasteiger charge is 2.29. The molecule has 0 unspecified atom stereocenters. The molecule has 0 bridgehead atoms. The van der Waals surface area contributed by atoms with Crippen molar-refractivity contribution in [2.24, 2.45) is 0 Å². The van der Waals surface area contributed by atoms with Crippen LogP contribution in [0.4, 0.5) is 21.9 Å². The summed E-state index contributed by atoms with van der Waals surface area (Å²) < 4.78 is 11.2. The molecule has 0 aliphatic carbocycles. The number of para-hydroxylation sites is 1. The maximum absolute atomic E-state index is 13.5. The van der Waals surface area contributed by atoms with E-state index in [1.165, 1.54) is 11.0 Å². The van der Waals surface area contributed by atoms with E-state index in [0.717, 1.165) is 11.3 Å². The lowest BCUT2D eigenvalue weighted by Crippen LogP contribution is -2.50. The Kier molecular flexibility index (Phi) is 8.88. The molecule has 0 atom stereocenters. The first-order valence-electron chi connectivity index (χ1n) is 13.1. The van der Waals surface area contributed by atoms with E-state index in [4.69, 9.17) is 9.47 Å².